The molecule has 1 unspecified atom stereocenters. The summed E-state index contributed by atoms with van der Waals surface area (Å²) in [6.07, 6.45) is 13.3. The lowest BCUT2D eigenvalue weighted by molar-refractivity contribution is -0.145. The normalized spacial score (nSPS) is 12.6. The Morgan fingerprint density at radius 2 is 1.32 bits per heavy atom. The van der Waals surface area contributed by atoms with Gasteiger partial charge in [-0.1, -0.05) is 78.1 Å². The molecule has 0 heterocycles. The third-order valence-electron chi connectivity index (χ3n) is 4.03. The van der Waals surface area contributed by atoms with E-state index < -0.39 is 6.10 Å². The number of esters is 1. The van der Waals surface area contributed by atoms with E-state index >= 15 is 0 Å². The van der Waals surface area contributed by atoms with Crippen LogP contribution in [-0.2, 0) is 9.53 Å². The van der Waals surface area contributed by atoms with Gasteiger partial charge in [0.05, 0.1) is 19.1 Å². The van der Waals surface area contributed by atoms with Crippen LogP contribution in [0, 0.1) is 5.92 Å². The fourth-order valence-corrected chi connectivity index (χ4v) is 2.68. The summed E-state index contributed by atoms with van der Waals surface area (Å²) in [6.45, 7) is 6.77. The number of unbranched alkanes of at least 4 members (excludes halogenated alkanes) is 8. The Bertz CT molecular complexity index is 251. The molecule has 0 rings (SSSR count). The van der Waals surface area contributed by atoms with Gasteiger partial charge in [0.2, 0.25) is 0 Å². The second kappa shape index (κ2) is 15.3. The monoisotopic (exact) mass is 314 g/mol. The molecule has 0 bridgehead atoms. The zero-order valence-electron chi connectivity index (χ0n) is 15.1. The molecule has 0 radical (unpaired) electrons. The second-order valence-corrected chi connectivity index (χ2v) is 6.82. The molecular weight excluding hydrogens is 276 g/mol. The lowest BCUT2D eigenvalue weighted by Gasteiger charge is -2.09. The van der Waals surface area contributed by atoms with Gasteiger partial charge in [-0.25, -0.2) is 0 Å². The summed E-state index contributed by atoms with van der Waals surface area (Å²) >= 11 is 0. The van der Waals surface area contributed by atoms with Crippen LogP contribution < -0.4 is 0 Å². The van der Waals surface area contributed by atoms with Crippen LogP contribution in [0.25, 0.3) is 0 Å². The van der Waals surface area contributed by atoms with E-state index in [0.29, 0.717) is 13.0 Å². The summed E-state index contributed by atoms with van der Waals surface area (Å²) in [7, 11) is 0. The molecule has 0 aliphatic carbocycles. The Morgan fingerprint density at radius 1 is 0.864 bits per heavy atom. The Balaban J connectivity index is 3.21. The first-order chi connectivity index (χ1) is 10.6. The average molecular weight is 315 g/mol. The predicted octanol–water partition coefficient (Wildman–Crippen LogP) is 5.25. The number of ether oxygens (including phenoxy) is 1. The quantitative estimate of drug-likeness (QED) is 0.332. The number of rotatable bonds is 15. The minimum atomic E-state index is -0.528. The van der Waals surface area contributed by atoms with Gasteiger partial charge in [0.1, 0.15) is 0 Å². The first kappa shape index (κ1) is 21.4. The van der Waals surface area contributed by atoms with Gasteiger partial charge in [0.25, 0.3) is 0 Å². The number of hydrogen-bond donors (Lipinski definition) is 1. The summed E-state index contributed by atoms with van der Waals surface area (Å²) in [5.41, 5.74) is 0. The molecule has 1 N–H and O–H groups in total. The smallest absolute Gasteiger partial charge is 0.308 e. The molecule has 0 aliphatic rings. The molecule has 22 heavy (non-hydrogen) atoms. The van der Waals surface area contributed by atoms with Gasteiger partial charge in [0, 0.05) is 0 Å². The fourth-order valence-electron chi connectivity index (χ4n) is 2.68. The van der Waals surface area contributed by atoms with Gasteiger partial charge in [0.15, 0.2) is 0 Å². The molecule has 0 amide bonds. The Labute approximate surface area is 137 Å². The first-order valence-electron chi connectivity index (χ1n) is 9.40. The average Bonchev–Trinajstić information content (AvgIpc) is 2.44. The maximum atomic E-state index is 11.2. The molecule has 0 spiro atoms. The van der Waals surface area contributed by atoms with E-state index in [0.717, 1.165) is 18.8 Å². The van der Waals surface area contributed by atoms with Gasteiger partial charge in [-0.15, -0.1) is 0 Å². The van der Waals surface area contributed by atoms with Crippen molar-refractivity contribution in [2.75, 3.05) is 6.61 Å². The third kappa shape index (κ3) is 15.8. The highest BCUT2D eigenvalue weighted by atomic mass is 16.5. The van der Waals surface area contributed by atoms with E-state index in [4.69, 9.17) is 4.74 Å². The number of aliphatic hydroxyl groups is 1. The number of carbonyl (C=O) groups excluding carboxylic acids is 1. The largest absolute Gasteiger partial charge is 0.466 e. The van der Waals surface area contributed by atoms with Crippen LogP contribution in [0.1, 0.15) is 97.8 Å². The molecule has 0 saturated heterocycles. The topological polar surface area (TPSA) is 46.5 Å². The van der Waals surface area contributed by atoms with E-state index in [1.165, 1.54) is 51.4 Å². The molecule has 0 aromatic rings. The van der Waals surface area contributed by atoms with Crippen molar-refractivity contribution in [3.8, 4) is 0 Å². The van der Waals surface area contributed by atoms with Crippen LogP contribution in [0.3, 0.4) is 0 Å². The molecule has 0 aliphatic heterocycles. The van der Waals surface area contributed by atoms with Gasteiger partial charge in [-0.2, -0.15) is 0 Å². The van der Waals surface area contributed by atoms with Crippen molar-refractivity contribution in [2.24, 2.45) is 5.92 Å². The maximum Gasteiger partial charge on any atom is 0.308 e. The van der Waals surface area contributed by atoms with Crippen LogP contribution in [0.15, 0.2) is 0 Å². The number of aliphatic hydroxyl groups excluding tert-OH is 1. The predicted molar refractivity (Wildman–Crippen MR) is 92.9 cm³/mol. The number of hydrogen-bond acceptors (Lipinski definition) is 3. The first-order valence-corrected chi connectivity index (χ1v) is 9.40. The molecule has 1 atom stereocenters. The molecule has 3 heteroatoms. The van der Waals surface area contributed by atoms with Crippen molar-refractivity contribution in [1.29, 1.82) is 0 Å². The van der Waals surface area contributed by atoms with Crippen LogP contribution in [-0.4, -0.2) is 23.8 Å². The maximum absolute atomic E-state index is 11.2. The summed E-state index contributed by atoms with van der Waals surface area (Å²) in [6, 6.07) is 0. The minimum absolute atomic E-state index is 0.143. The lowest BCUT2D eigenvalue weighted by atomic mass is 10.0. The van der Waals surface area contributed by atoms with E-state index in [2.05, 4.69) is 13.8 Å². The SMILES string of the molecule is CCOC(=O)CC(O)CCCCCCCCCCCC(C)C. The highest BCUT2D eigenvalue weighted by Gasteiger charge is 2.10. The van der Waals surface area contributed by atoms with Gasteiger partial charge >= 0.3 is 5.97 Å². The van der Waals surface area contributed by atoms with Crippen LogP contribution in [0.5, 0.6) is 0 Å². The lowest BCUT2D eigenvalue weighted by Crippen LogP contribution is -2.15. The highest BCUT2D eigenvalue weighted by molar-refractivity contribution is 5.69. The Morgan fingerprint density at radius 3 is 1.77 bits per heavy atom. The standard InChI is InChI=1S/C19H38O3/c1-4-22-19(21)16-18(20)15-13-11-9-7-5-6-8-10-12-14-17(2)3/h17-18,20H,4-16H2,1-3H3. The van der Waals surface area contributed by atoms with Gasteiger partial charge < -0.3 is 9.84 Å². The summed E-state index contributed by atoms with van der Waals surface area (Å²) in [5, 5.41) is 9.71. The molecule has 0 aromatic heterocycles. The molecule has 132 valence electrons. The zero-order chi connectivity index (χ0) is 16.6. The van der Waals surface area contributed by atoms with Crippen LogP contribution in [0.4, 0.5) is 0 Å². The Kier molecular flexibility index (Phi) is 14.9. The second-order valence-electron chi connectivity index (χ2n) is 6.82. The molecule has 0 fully saturated rings. The van der Waals surface area contributed by atoms with E-state index in [1.54, 1.807) is 6.92 Å². The fraction of sp³-hybridized carbons (Fsp3) is 0.947. The third-order valence-corrected chi connectivity index (χ3v) is 4.03. The molecule has 0 saturated carbocycles. The van der Waals surface area contributed by atoms with Crippen molar-refractivity contribution in [3.63, 3.8) is 0 Å². The summed E-state index contributed by atoms with van der Waals surface area (Å²) < 4.78 is 4.83. The van der Waals surface area contributed by atoms with Gasteiger partial charge in [-0.3, -0.25) is 4.79 Å². The van der Waals surface area contributed by atoms with E-state index in [9.17, 15) is 9.90 Å². The molecule has 3 nitrogen and oxygen atoms in total. The van der Waals surface area contributed by atoms with Crippen LogP contribution >= 0.6 is 0 Å². The minimum Gasteiger partial charge on any atom is -0.466 e. The highest BCUT2D eigenvalue weighted by Crippen LogP contribution is 2.14. The Hall–Kier alpha value is -0.570. The summed E-state index contributed by atoms with van der Waals surface area (Å²) in [4.78, 5) is 11.2. The van der Waals surface area contributed by atoms with Crippen molar-refractivity contribution in [1.82, 2.24) is 0 Å². The number of carbonyl (C=O) groups is 1. The van der Waals surface area contributed by atoms with Crippen molar-refractivity contribution >= 4 is 5.97 Å². The van der Waals surface area contributed by atoms with E-state index in [1.807, 2.05) is 0 Å². The molecule has 0 aromatic carbocycles. The zero-order valence-corrected chi connectivity index (χ0v) is 15.1. The van der Waals surface area contributed by atoms with Crippen molar-refractivity contribution in [3.05, 3.63) is 0 Å². The van der Waals surface area contributed by atoms with E-state index in [-0.39, 0.29) is 12.4 Å². The van der Waals surface area contributed by atoms with Crippen molar-refractivity contribution in [2.45, 2.75) is 104 Å². The molecular formula is C19H38O3. The summed E-state index contributed by atoms with van der Waals surface area (Å²) in [5.74, 6) is 0.562. The van der Waals surface area contributed by atoms with Crippen LogP contribution in [0.2, 0.25) is 0 Å². The van der Waals surface area contributed by atoms with Crippen molar-refractivity contribution < 1.29 is 14.6 Å². The van der Waals surface area contributed by atoms with Gasteiger partial charge in [-0.05, 0) is 19.3 Å².